The Hall–Kier alpha value is -1.31. The van der Waals surface area contributed by atoms with Crippen LogP contribution in [-0.4, -0.2) is 22.4 Å². The van der Waals surface area contributed by atoms with Crippen LogP contribution in [0.3, 0.4) is 0 Å². The Balaban J connectivity index is 2.94. The van der Waals surface area contributed by atoms with Gasteiger partial charge in [0.1, 0.15) is 5.69 Å². The van der Waals surface area contributed by atoms with Crippen molar-refractivity contribution >= 4 is 23.1 Å². The normalized spacial score (nSPS) is 12.2. The van der Waals surface area contributed by atoms with Crippen molar-refractivity contribution in [2.45, 2.75) is 11.8 Å². The van der Waals surface area contributed by atoms with Gasteiger partial charge in [0.2, 0.25) is 0 Å². The second-order valence-electron chi connectivity index (χ2n) is 3.65. The van der Waals surface area contributed by atoms with Gasteiger partial charge in [-0.2, -0.15) is 0 Å². The van der Waals surface area contributed by atoms with Gasteiger partial charge < -0.3 is 10.5 Å². The number of nitro groups is 1. The molecule has 0 amide bonds. The first-order valence-electron chi connectivity index (χ1n) is 5.07. The van der Waals surface area contributed by atoms with Gasteiger partial charge in [-0.3, -0.25) is 16.0 Å². The maximum Gasteiger partial charge on any atom is 0.307 e. The molecule has 0 heterocycles. The van der Waals surface area contributed by atoms with E-state index in [4.69, 9.17) is 10.9 Å². The molecule has 0 aliphatic carbocycles. The van der Waals surface area contributed by atoms with Gasteiger partial charge in [0, 0.05) is 12.4 Å². The average molecular weight is 257 g/mol. The largest absolute Gasteiger partial charge is 0.396 e. The molecule has 94 valence electrons. The van der Waals surface area contributed by atoms with Gasteiger partial charge in [-0.1, -0.05) is 13.0 Å². The lowest BCUT2D eigenvalue weighted by atomic mass is 10.2. The number of para-hydroxylation sites is 1. The van der Waals surface area contributed by atoms with Crippen LogP contribution < -0.4 is 11.3 Å². The highest BCUT2D eigenvalue weighted by Gasteiger charge is 2.19. The van der Waals surface area contributed by atoms with E-state index in [1.807, 2.05) is 6.92 Å². The van der Waals surface area contributed by atoms with Crippen molar-refractivity contribution in [3.8, 4) is 0 Å². The van der Waals surface area contributed by atoms with Gasteiger partial charge in [-0.25, -0.2) is 0 Å². The lowest BCUT2D eigenvalue weighted by Crippen LogP contribution is -2.10. The number of nitrogens with one attached hydrogen (secondary N) is 1. The summed E-state index contributed by atoms with van der Waals surface area (Å²) < 4.78 is 0. The zero-order valence-electron chi connectivity index (χ0n) is 9.42. The Kier molecular flexibility index (Phi) is 5.20. The molecule has 1 rings (SSSR count). The molecule has 0 bridgehead atoms. The number of nitrogen functional groups attached to an aromatic ring is 1. The second kappa shape index (κ2) is 6.43. The summed E-state index contributed by atoms with van der Waals surface area (Å²) in [6.07, 6.45) is 0. The summed E-state index contributed by atoms with van der Waals surface area (Å²) in [5.74, 6) is 5.94. The second-order valence-corrected chi connectivity index (χ2v) is 4.71. The standard InChI is InChI=1S/C10H15N3O3S/c1-7(5-14)6-17-9-4-2-3-8(12-11)10(9)13(15)16/h2-4,7,12,14H,5-6,11H2,1H3. The first-order chi connectivity index (χ1) is 8.10. The highest BCUT2D eigenvalue weighted by Crippen LogP contribution is 2.35. The predicted molar refractivity (Wildman–Crippen MR) is 67.9 cm³/mol. The monoisotopic (exact) mass is 257 g/mol. The van der Waals surface area contributed by atoms with Crippen molar-refractivity contribution in [3.63, 3.8) is 0 Å². The molecular formula is C10H15N3O3S. The quantitative estimate of drug-likeness (QED) is 0.310. The number of aliphatic hydroxyl groups excluding tert-OH is 1. The Labute approximate surface area is 103 Å². The maximum atomic E-state index is 11.0. The molecule has 0 aliphatic heterocycles. The number of aliphatic hydroxyl groups is 1. The van der Waals surface area contributed by atoms with Crippen LogP contribution in [0.4, 0.5) is 11.4 Å². The molecule has 0 saturated carbocycles. The fourth-order valence-corrected chi connectivity index (χ4v) is 2.29. The van der Waals surface area contributed by atoms with Crippen LogP contribution in [0.1, 0.15) is 6.92 Å². The molecule has 6 nitrogen and oxygen atoms in total. The van der Waals surface area contributed by atoms with Gasteiger partial charge >= 0.3 is 5.69 Å². The number of nitro benzene ring substituents is 1. The molecule has 0 saturated heterocycles. The maximum absolute atomic E-state index is 11.0. The Bertz CT molecular complexity index is 400. The van der Waals surface area contributed by atoms with Crippen LogP contribution in [0.25, 0.3) is 0 Å². The summed E-state index contributed by atoms with van der Waals surface area (Å²) in [6.45, 7) is 1.94. The molecule has 17 heavy (non-hydrogen) atoms. The minimum atomic E-state index is -0.457. The first kappa shape index (κ1) is 13.8. The van der Waals surface area contributed by atoms with Crippen molar-refractivity contribution in [1.29, 1.82) is 0 Å². The summed E-state index contributed by atoms with van der Waals surface area (Å²) in [5, 5.41) is 19.9. The minimum Gasteiger partial charge on any atom is -0.396 e. The third kappa shape index (κ3) is 3.58. The zero-order valence-corrected chi connectivity index (χ0v) is 10.2. The van der Waals surface area contributed by atoms with E-state index >= 15 is 0 Å². The molecule has 1 atom stereocenters. The van der Waals surface area contributed by atoms with Crippen molar-refractivity contribution in [2.75, 3.05) is 17.8 Å². The van der Waals surface area contributed by atoms with E-state index in [0.717, 1.165) is 0 Å². The summed E-state index contributed by atoms with van der Waals surface area (Å²) in [7, 11) is 0. The average Bonchev–Trinajstić information content (AvgIpc) is 2.34. The van der Waals surface area contributed by atoms with Crippen LogP contribution in [0, 0.1) is 16.0 Å². The van der Waals surface area contributed by atoms with Gasteiger partial charge in [0.05, 0.1) is 9.82 Å². The van der Waals surface area contributed by atoms with Crippen molar-refractivity contribution in [2.24, 2.45) is 11.8 Å². The first-order valence-corrected chi connectivity index (χ1v) is 6.06. The van der Waals surface area contributed by atoms with E-state index in [1.165, 1.54) is 11.8 Å². The highest BCUT2D eigenvalue weighted by molar-refractivity contribution is 7.99. The number of benzene rings is 1. The van der Waals surface area contributed by atoms with Gasteiger partial charge in [0.25, 0.3) is 0 Å². The molecule has 0 spiro atoms. The fourth-order valence-electron chi connectivity index (χ4n) is 1.23. The zero-order chi connectivity index (χ0) is 12.8. The lowest BCUT2D eigenvalue weighted by Gasteiger charge is -2.09. The van der Waals surface area contributed by atoms with E-state index in [-0.39, 0.29) is 23.9 Å². The van der Waals surface area contributed by atoms with Gasteiger partial charge in [0.15, 0.2) is 0 Å². The van der Waals surface area contributed by atoms with E-state index in [2.05, 4.69) is 5.43 Å². The van der Waals surface area contributed by atoms with Crippen LogP contribution in [-0.2, 0) is 0 Å². The number of rotatable bonds is 6. The molecule has 0 aromatic heterocycles. The molecule has 0 radical (unpaired) electrons. The van der Waals surface area contributed by atoms with Gasteiger partial charge in [-0.05, 0) is 18.1 Å². The van der Waals surface area contributed by atoms with E-state index in [9.17, 15) is 10.1 Å². The smallest absolute Gasteiger partial charge is 0.307 e. The summed E-state index contributed by atoms with van der Waals surface area (Å²) in [6, 6.07) is 4.93. The lowest BCUT2D eigenvalue weighted by molar-refractivity contribution is -0.386. The Morgan fingerprint density at radius 2 is 2.35 bits per heavy atom. The number of thioether (sulfide) groups is 1. The summed E-state index contributed by atoms with van der Waals surface area (Å²) in [5.41, 5.74) is 2.58. The number of hydrazine groups is 1. The third-order valence-corrected chi connectivity index (χ3v) is 3.55. The molecule has 0 fully saturated rings. The fraction of sp³-hybridized carbons (Fsp3) is 0.400. The molecule has 7 heteroatoms. The van der Waals surface area contributed by atoms with Crippen LogP contribution in [0.2, 0.25) is 0 Å². The molecule has 4 N–H and O–H groups in total. The number of hydrogen-bond acceptors (Lipinski definition) is 6. The number of anilines is 1. The van der Waals surface area contributed by atoms with Crippen LogP contribution >= 0.6 is 11.8 Å². The highest BCUT2D eigenvalue weighted by atomic mass is 32.2. The van der Waals surface area contributed by atoms with Crippen LogP contribution in [0.15, 0.2) is 23.1 Å². The van der Waals surface area contributed by atoms with Crippen LogP contribution in [0.5, 0.6) is 0 Å². The number of hydrogen-bond donors (Lipinski definition) is 3. The van der Waals surface area contributed by atoms with E-state index in [1.54, 1.807) is 18.2 Å². The van der Waals surface area contributed by atoms with Crippen molar-refractivity contribution in [3.05, 3.63) is 28.3 Å². The molecule has 1 unspecified atom stereocenters. The molecular weight excluding hydrogens is 242 g/mol. The SMILES string of the molecule is CC(CO)CSc1cccc(NN)c1[N+](=O)[O-]. The van der Waals surface area contributed by atoms with Gasteiger partial charge in [-0.15, -0.1) is 11.8 Å². The Morgan fingerprint density at radius 1 is 1.65 bits per heavy atom. The minimum absolute atomic E-state index is 0.0230. The molecule has 1 aromatic carbocycles. The number of nitrogens with two attached hydrogens (primary N) is 1. The number of nitrogens with zero attached hydrogens (tertiary/aromatic N) is 1. The van der Waals surface area contributed by atoms with E-state index in [0.29, 0.717) is 10.6 Å². The third-order valence-electron chi connectivity index (χ3n) is 2.17. The molecule has 0 aliphatic rings. The molecule has 1 aromatic rings. The summed E-state index contributed by atoms with van der Waals surface area (Å²) in [4.78, 5) is 11.1. The Morgan fingerprint density at radius 3 is 2.88 bits per heavy atom. The van der Waals surface area contributed by atoms with E-state index < -0.39 is 4.92 Å². The topological polar surface area (TPSA) is 101 Å². The van der Waals surface area contributed by atoms with Crippen molar-refractivity contribution in [1.82, 2.24) is 0 Å². The predicted octanol–water partition coefficient (Wildman–Crippen LogP) is 1.60. The van der Waals surface area contributed by atoms with Crippen molar-refractivity contribution < 1.29 is 10.0 Å². The summed E-state index contributed by atoms with van der Waals surface area (Å²) >= 11 is 1.34.